The zero-order valence-corrected chi connectivity index (χ0v) is 14.6. The highest BCUT2D eigenvalue weighted by Crippen LogP contribution is 2.28. The molecule has 2 atom stereocenters. The van der Waals surface area contributed by atoms with Crippen LogP contribution in [0.4, 0.5) is 5.82 Å². The average molecular weight is 344 g/mol. The largest absolute Gasteiger partial charge is 0.356 e. The second-order valence-electron chi connectivity index (χ2n) is 6.42. The molecule has 8 heteroatoms. The first kappa shape index (κ1) is 17.2. The van der Waals surface area contributed by atoms with Gasteiger partial charge in [-0.2, -0.15) is 0 Å². The predicted molar refractivity (Wildman–Crippen MR) is 95.1 cm³/mol. The Balaban J connectivity index is 1.66. The number of hydrogen-bond acceptors (Lipinski definition) is 5. The Morgan fingerprint density at radius 3 is 3.00 bits per heavy atom. The molecule has 25 heavy (non-hydrogen) atoms. The van der Waals surface area contributed by atoms with Crippen molar-refractivity contribution in [3.63, 3.8) is 0 Å². The third-order valence-electron chi connectivity index (χ3n) is 4.74. The summed E-state index contributed by atoms with van der Waals surface area (Å²) in [6.45, 7) is 5.22. The molecule has 134 valence electrons. The molecule has 8 nitrogen and oxygen atoms in total. The van der Waals surface area contributed by atoms with E-state index >= 15 is 0 Å². The Labute approximate surface area is 146 Å². The Kier molecular flexibility index (Phi) is 5.16. The molecule has 3 heterocycles. The van der Waals surface area contributed by atoms with Crippen molar-refractivity contribution in [2.24, 2.45) is 5.92 Å². The van der Waals surface area contributed by atoms with E-state index in [1.165, 1.54) is 6.92 Å². The number of aromatic nitrogens is 3. The van der Waals surface area contributed by atoms with E-state index < -0.39 is 0 Å². The molecule has 0 radical (unpaired) electrons. The van der Waals surface area contributed by atoms with Crippen LogP contribution in [0.3, 0.4) is 0 Å². The van der Waals surface area contributed by atoms with Crippen LogP contribution in [-0.2, 0) is 9.59 Å². The Morgan fingerprint density at radius 1 is 1.40 bits per heavy atom. The first-order valence-electron chi connectivity index (χ1n) is 8.65. The van der Waals surface area contributed by atoms with Crippen LogP contribution in [-0.4, -0.2) is 52.4 Å². The van der Waals surface area contributed by atoms with Gasteiger partial charge >= 0.3 is 0 Å². The lowest BCUT2D eigenvalue weighted by atomic mass is 9.89. The summed E-state index contributed by atoms with van der Waals surface area (Å²) in [5.74, 6) is 0.935. The van der Waals surface area contributed by atoms with Crippen molar-refractivity contribution in [2.45, 2.75) is 32.7 Å². The highest BCUT2D eigenvalue weighted by molar-refractivity contribution is 5.87. The van der Waals surface area contributed by atoms with Gasteiger partial charge in [0.15, 0.2) is 0 Å². The highest BCUT2D eigenvalue weighted by atomic mass is 16.2. The second-order valence-corrected chi connectivity index (χ2v) is 6.42. The van der Waals surface area contributed by atoms with Gasteiger partial charge in [-0.3, -0.25) is 9.59 Å². The molecular formula is C17H24N6O2. The van der Waals surface area contributed by atoms with E-state index in [-0.39, 0.29) is 24.4 Å². The minimum atomic E-state index is -0.198. The molecule has 0 saturated carbocycles. The fourth-order valence-electron chi connectivity index (χ4n) is 3.40. The number of nitrogens with zero attached hydrogens (tertiary/aromatic N) is 3. The fourth-order valence-corrected chi connectivity index (χ4v) is 3.40. The molecular weight excluding hydrogens is 320 g/mol. The summed E-state index contributed by atoms with van der Waals surface area (Å²) >= 11 is 0. The molecule has 1 aliphatic heterocycles. The molecule has 3 N–H and O–H groups in total. The molecule has 2 amide bonds. The number of carbonyl (C=O) groups is 2. The minimum absolute atomic E-state index is 0.0296. The van der Waals surface area contributed by atoms with Gasteiger partial charge in [-0.15, -0.1) is 0 Å². The summed E-state index contributed by atoms with van der Waals surface area (Å²) in [6, 6.07) is 2.11. The topological polar surface area (TPSA) is 103 Å². The lowest BCUT2D eigenvalue weighted by molar-refractivity contribution is -0.125. The van der Waals surface area contributed by atoms with Crippen molar-refractivity contribution in [2.75, 3.05) is 24.5 Å². The van der Waals surface area contributed by atoms with E-state index in [9.17, 15) is 9.59 Å². The van der Waals surface area contributed by atoms with E-state index in [4.69, 9.17) is 0 Å². The number of H-pyrrole nitrogens is 1. The van der Waals surface area contributed by atoms with Crippen molar-refractivity contribution < 1.29 is 9.59 Å². The fraction of sp³-hybridized carbons (Fsp3) is 0.529. The summed E-state index contributed by atoms with van der Waals surface area (Å²) in [7, 11) is 0. The van der Waals surface area contributed by atoms with Gasteiger partial charge in [-0.05, 0) is 24.8 Å². The maximum atomic E-state index is 12.0. The number of aromatic amines is 1. The Morgan fingerprint density at radius 2 is 2.24 bits per heavy atom. The summed E-state index contributed by atoms with van der Waals surface area (Å²) in [5, 5.41) is 6.62. The van der Waals surface area contributed by atoms with Crippen LogP contribution in [0.5, 0.6) is 0 Å². The predicted octanol–water partition coefficient (Wildman–Crippen LogP) is 0.815. The number of hydrogen-bond donors (Lipinski definition) is 3. The molecule has 1 aliphatic rings. The molecule has 0 spiro atoms. The van der Waals surface area contributed by atoms with Crippen molar-refractivity contribution >= 4 is 28.7 Å². The molecule has 1 fully saturated rings. The zero-order valence-electron chi connectivity index (χ0n) is 14.6. The Bertz CT molecular complexity index is 758. The molecule has 3 rings (SSSR count). The smallest absolute Gasteiger partial charge is 0.239 e. The number of nitrogens with one attached hydrogen (secondary N) is 3. The quantitative estimate of drug-likeness (QED) is 0.745. The lowest BCUT2D eigenvalue weighted by Crippen LogP contribution is -2.52. The van der Waals surface area contributed by atoms with Crippen molar-refractivity contribution in [1.29, 1.82) is 0 Å². The van der Waals surface area contributed by atoms with Gasteiger partial charge in [0.25, 0.3) is 0 Å². The summed E-state index contributed by atoms with van der Waals surface area (Å²) in [4.78, 5) is 37.0. The van der Waals surface area contributed by atoms with Gasteiger partial charge in [-0.1, -0.05) is 6.92 Å². The average Bonchev–Trinajstić information content (AvgIpc) is 3.09. The van der Waals surface area contributed by atoms with E-state index in [0.29, 0.717) is 5.92 Å². The second kappa shape index (κ2) is 7.50. The molecule has 1 saturated heterocycles. The van der Waals surface area contributed by atoms with Crippen molar-refractivity contribution in [3.05, 3.63) is 18.6 Å². The monoisotopic (exact) mass is 344 g/mol. The van der Waals surface area contributed by atoms with Gasteiger partial charge in [-0.25, -0.2) is 9.97 Å². The molecule has 2 aromatic heterocycles. The van der Waals surface area contributed by atoms with Gasteiger partial charge in [0.2, 0.25) is 11.8 Å². The molecule has 0 bridgehead atoms. The van der Waals surface area contributed by atoms with Crippen LogP contribution >= 0.6 is 0 Å². The van der Waals surface area contributed by atoms with Gasteiger partial charge in [0.1, 0.15) is 17.8 Å². The number of amides is 2. The van der Waals surface area contributed by atoms with Crippen LogP contribution < -0.4 is 15.5 Å². The first-order valence-corrected chi connectivity index (χ1v) is 8.65. The third-order valence-corrected chi connectivity index (χ3v) is 4.74. The minimum Gasteiger partial charge on any atom is -0.356 e. The molecule has 0 aromatic carbocycles. The molecule has 0 aliphatic carbocycles. The van der Waals surface area contributed by atoms with E-state index in [0.717, 1.165) is 42.8 Å². The third kappa shape index (κ3) is 3.89. The SMILES string of the molecule is CC[C@@H]1CN(c2ncnc3[nH]ccc23)CC[C@@H]1NC(=O)CNC(C)=O. The van der Waals surface area contributed by atoms with Crippen LogP contribution in [0.1, 0.15) is 26.7 Å². The Hall–Kier alpha value is -2.64. The van der Waals surface area contributed by atoms with Gasteiger partial charge in [0.05, 0.1) is 11.9 Å². The first-order chi connectivity index (χ1) is 12.1. The number of piperidine rings is 1. The lowest BCUT2D eigenvalue weighted by Gasteiger charge is -2.39. The number of fused-ring (bicyclic) bond motifs is 1. The maximum Gasteiger partial charge on any atom is 0.239 e. The van der Waals surface area contributed by atoms with E-state index in [2.05, 4.69) is 37.4 Å². The maximum absolute atomic E-state index is 12.0. The van der Waals surface area contributed by atoms with Crippen LogP contribution in [0.15, 0.2) is 18.6 Å². The van der Waals surface area contributed by atoms with E-state index in [1.807, 2.05) is 12.3 Å². The molecule has 2 aromatic rings. The van der Waals surface area contributed by atoms with Crippen LogP contribution in [0.2, 0.25) is 0 Å². The number of rotatable bonds is 5. The summed E-state index contributed by atoms with van der Waals surface area (Å²) in [5.41, 5.74) is 0.837. The van der Waals surface area contributed by atoms with Gasteiger partial charge in [0, 0.05) is 32.3 Å². The zero-order chi connectivity index (χ0) is 17.8. The highest BCUT2D eigenvalue weighted by Gasteiger charge is 2.30. The van der Waals surface area contributed by atoms with Gasteiger partial charge < -0.3 is 20.5 Å². The normalized spacial score (nSPS) is 20.5. The number of carbonyl (C=O) groups excluding carboxylic acids is 2. The van der Waals surface area contributed by atoms with Crippen LogP contribution in [0.25, 0.3) is 11.0 Å². The van der Waals surface area contributed by atoms with Crippen LogP contribution in [0, 0.1) is 5.92 Å². The number of anilines is 1. The summed E-state index contributed by atoms with van der Waals surface area (Å²) < 4.78 is 0. The summed E-state index contributed by atoms with van der Waals surface area (Å²) in [6.07, 6.45) is 5.26. The molecule has 0 unspecified atom stereocenters. The van der Waals surface area contributed by atoms with Crippen molar-refractivity contribution in [3.8, 4) is 0 Å². The standard InChI is InChI=1S/C17H24N6O2/c1-3-12-9-23(17-13-4-6-18-16(13)20-10-21-17)7-5-14(12)22-15(25)8-19-11(2)24/h4,6,10,12,14H,3,5,7-9H2,1-2H3,(H,19,24)(H,22,25)(H,18,20,21)/t12-,14+/m1/s1. The van der Waals surface area contributed by atoms with Crippen molar-refractivity contribution in [1.82, 2.24) is 25.6 Å². The van der Waals surface area contributed by atoms with E-state index in [1.54, 1.807) is 6.33 Å².